The number of carbonyl (C=O) groups is 6. The van der Waals surface area contributed by atoms with Gasteiger partial charge < -0.3 is 43.9 Å². The van der Waals surface area contributed by atoms with Gasteiger partial charge in [0, 0.05) is 12.2 Å². The molecule has 374 valence electrons. The average molecular weight is 987 g/mol. The van der Waals surface area contributed by atoms with Crippen molar-refractivity contribution in [2.45, 2.75) is 67.0 Å². The molecule has 11 rings (SSSR count). The first-order valence-electron chi connectivity index (χ1n) is 24.8. The van der Waals surface area contributed by atoms with Crippen LogP contribution in [0.15, 0.2) is 146 Å². The second kappa shape index (κ2) is 19.7. The molecule has 6 aliphatic heterocycles. The van der Waals surface area contributed by atoms with Gasteiger partial charge in [-0.2, -0.15) is 0 Å². The van der Waals surface area contributed by atoms with Crippen molar-refractivity contribution in [2.24, 2.45) is 11.8 Å². The summed E-state index contributed by atoms with van der Waals surface area (Å²) in [5, 5.41) is 12.4. The molecule has 1 spiro atoms. The Kier molecular flexibility index (Phi) is 12.8. The van der Waals surface area contributed by atoms with Crippen LogP contribution in [0.3, 0.4) is 0 Å². The molecular formula is C57H54N4O12. The molecule has 0 aromatic heterocycles. The summed E-state index contributed by atoms with van der Waals surface area (Å²) < 4.78 is 30.0. The van der Waals surface area contributed by atoms with Crippen LogP contribution in [0, 0.1) is 11.8 Å². The van der Waals surface area contributed by atoms with Gasteiger partial charge >= 0.3 is 17.9 Å². The van der Waals surface area contributed by atoms with Crippen LogP contribution in [-0.4, -0.2) is 113 Å². The monoisotopic (exact) mass is 986 g/mol. The Labute approximate surface area is 421 Å². The third-order valence-electron chi connectivity index (χ3n) is 15.3. The van der Waals surface area contributed by atoms with Gasteiger partial charge in [0.25, 0.3) is 0 Å². The van der Waals surface area contributed by atoms with E-state index in [1.165, 1.54) is 6.08 Å². The summed E-state index contributed by atoms with van der Waals surface area (Å²) in [6.07, 6.45) is 1.97. The van der Waals surface area contributed by atoms with Crippen molar-refractivity contribution < 1.29 is 57.6 Å². The fourth-order valence-corrected chi connectivity index (χ4v) is 12.5. The number of aliphatic hydroxyl groups excluding tert-OH is 1. The Bertz CT molecular complexity index is 2950. The Morgan fingerprint density at radius 1 is 0.712 bits per heavy atom. The number of piperazine rings is 1. The normalized spacial score (nSPS) is 27.9. The van der Waals surface area contributed by atoms with Crippen LogP contribution in [-0.2, 0) is 48.4 Å². The minimum Gasteiger partial charge on any atom is -0.491 e. The SMILES string of the molecule is C=CCOC(=O)[C@H]1[C@@H]2C(=O)O[C@@H](c3ccccc3)[C@@H](c3ccccc3)N2[C@@H](c2ccc(OCCOC(=O)[C@@H]3C[C@@H]4C(=O)N5CCC[C@H]5C(=O)N4[C@@H]3c3cccc(OCCO)c3)cc2)[C@]12C(=O)Nc1ccccc12. The summed E-state index contributed by atoms with van der Waals surface area (Å²) in [5.74, 6) is -4.20. The number of morpholine rings is 1. The zero-order valence-corrected chi connectivity index (χ0v) is 39.8. The highest BCUT2D eigenvalue weighted by atomic mass is 16.6. The second-order valence-corrected chi connectivity index (χ2v) is 19.2. The van der Waals surface area contributed by atoms with Gasteiger partial charge in [-0.1, -0.05) is 116 Å². The van der Waals surface area contributed by atoms with Gasteiger partial charge in [0.2, 0.25) is 17.7 Å². The number of ether oxygens (including phenoxy) is 5. The van der Waals surface area contributed by atoms with Gasteiger partial charge in [0.05, 0.1) is 30.7 Å². The van der Waals surface area contributed by atoms with Crippen molar-refractivity contribution in [2.75, 3.05) is 44.9 Å². The third-order valence-corrected chi connectivity index (χ3v) is 15.3. The van der Waals surface area contributed by atoms with E-state index in [2.05, 4.69) is 11.9 Å². The number of rotatable bonds is 15. The van der Waals surface area contributed by atoms with Crippen molar-refractivity contribution >= 4 is 41.3 Å². The van der Waals surface area contributed by atoms with E-state index in [1.807, 2.05) is 83.8 Å². The van der Waals surface area contributed by atoms with Crippen molar-refractivity contribution in [3.8, 4) is 11.5 Å². The first kappa shape index (κ1) is 47.5. The van der Waals surface area contributed by atoms with E-state index < -0.39 is 83.4 Å². The molecule has 0 unspecified atom stereocenters. The Hall–Kier alpha value is -7.82. The molecule has 16 nitrogen and oxygen atoms in total. The predicted molar refractivity (Wildman–Crippen MR) is 262 cm³/mol. The van der Waals surface area contributed by atoms with Crippen molar-refractivity contribution in [3.63, 3.8) is 0 Å². The summed E-state index contributed by atoms with van der Waals surface area (Å²) in [6.45, 7) is 3.74. The first-order chi connectivity index (χ1) is 35.6. The van der Waals surface area contributed by atoms with E-state index in [-0.39, 0.29) is 51.3 Å². The molecule has 0 bridgehead atoms. The Morgan fingerprint density at radius 3 is 2.18 bits per heavy atom. The number of amides is 3. The van der Waals surface area contributed by atoms with Crippen LogP contribution in [0.1, 0.15) is 71.3 Å². The molecule has 10 atom stereocenters. The van der Waals surface area contributed by atoms with E-state index in [0.717, 1.165) is 17.5 Å². The Morgan fingerprint density at radius 2 is 1.42 bits per heavy atom. The van der Waals surface area contributed by atoms with Crippen LogP contribution in [0.4, 0.5) is 5.69 Å². The van der Waals surface area contributed by atoms with Crippen LogP contribution in [0.25, 0.3) is 0 Å². The van der Waals surface area contributed by atoms with Crippen LogP contribution < -0.4 is 14.8 Å². The number of aliphatic hydroxyl groups is 1. The van der Waals surface area contributed by atoms with Gasteiger partial charge in [-0.05, 0) is 77.4 Å². The Balaban J connectivity index is 0.895. The molecule has 6 heterocycles. The molecule has 73 heavy (non-hydrogen) atoms. The zero-order chi connectivity index (χ0) is 50.4. The maximum absolute atomic E-state index is 15.1. The molecule has 5 fully saturated rings. The highest BCUT2D eigenvalue weighted by molar-refractivity contribution is 6.11. The first-order valence-corrected chi connectivity index (χ1v) is 24.8. The summed E-state index contributed by atoms with van der Waals surface area (Å²) in [7, 11) is 0. The fraction of sp³-hybridized carbons (Fsp3) is 0.333. The van der Waals surface area contributed by atoms with Gasteiger partial charge in [-0.3, -0.25) is 33.7 Å². The molecule has 16 heteroatoms. The van der Waals surface area contributed by atoms with E-state index in [9.17, 15) is 29.1 Å². The number of fused-ring (bicyclic) bond motifs is 5. The van der Waals surface area contributed by atoms with Crippen LogP contribution in [0.5, 0.6) is 11.5 Å². The highest BCUT2D eigenvalue weighted by Gasteiger charge is 2.74. The number of anilines is 1. The van der Waals surface area contributed by atoms with E-state index >= 15 is 4.79 Å². The van der Waals surface area contributed by atoms with Crippen molar-refractivity contribution in [1.29, 1.82) is 0 Å². The fourth-order valence-electron chi connectivity index (χ4n) is 12.5. The summed E-state index contributed by atoms with van der Waals surface area (Å²) >= 11 is 0. The molecular weight excluding hydrogens is 933 g/mol. The number of para-hydroxylation sites is 1. The number of cyclic esters (lactones) is 1. The molecule has 5 saturated heterocycles. The topological polar surface area (TPSA) is 191 Å². The van der Waals surface area contributed by atoms with Gasteiger partial charge in [-0.15, -0.1) is 0 Å². The molecule has 5 aromatic rings. The molecule has 6 aliphatic rings. The number of esters is 3. The lowest BCUT2D eigenvalue weighted by atomic mass is 9.65. The molecule has 0 radical (unpaired) electrons. The maximum Gasteiger partial charge on any atom is 0.325 e. The minimum absolute atomic E-state index is 0.0525. The van der Waals surface area contributed by atoms with Crippen LogP contribution >= 0.6 is 0 Å². The van der Waals surface area contributed by atoms with E-state index in [4.69, 9.17) is 23.7 Å². The largest absolute Gasteiger partial charge is 0.491 e. The second-order valence-electron chi connectivity index (χ2n) is 19.2. The van der Waals surface area contributed by atoms with Gasteiger partial charge in [0.1, 0.15) is 73.5 Å². The standard InChI is InChI=1S/C57H54N4O12/c1-2-28-71-54(66)45-48-55(67)73-49(35-15-7-4-8-16-35)47(34-13-5-3-6-14-34)61(48)50(57(45)41-19-9-10-20-42(41)58-56(57)68)36-22-24-38(25-23-36)70-30-31-72-53(65)40-33-44-51(63)59-26-12-21-43(59)52(64)60(44)46(40)37-17-11-18-39(32-37)69-29-27-62/h2-11,13-20,22-25,32,40,43-50,62H,1,12,21,26-31,33H2,(H,58,68)/t40-,43+,44-,45-,46-,47-,48-,49+,50+,57-/m1/s1. The molecule has 0 saturated carbocycles. The number of nitrogens with one attached hydrogen (secondary N) is 1. The molecule has 3 amide bonds. The van der Waals surface area contributed by atoms with Crippen molar-refractivity contribution in [3.05, 3.63) is 174 Å². The summed E-state index contributed by atoms with van der Waals surface area (Å²) in [6, 6.07) is 35.2. The predicted octanol–water partition coefficient (Wildman–Crippen LogP) is 5.94. The van der Waals surface area contributed by atoms with Crippen LogP contribution in [0.2, 0.25) is 0 Å². The minimum atomic E-state index is -1.70. The third kappa shape index (κ3) is 7.99. The highest BCUT2D eigenvalue weighted by Crippen LogP contribution is 2.65. The maximum atomic E-state index is 15.1. The van der Waals surface area contributed by atoms with E-state index in [1.54, 1.807) is 64.4 Å². The number of benzene rings is 5. The van der Waals surface area contributed by atoms with Gasteiger partial charge in [-0.25, -0.2) is 0 Å². The summed E-state index contributed by atoms with van der Waals surface area (Å²) in [4.78, 5) is 91.9. The number of nitrogens with zero attached hydrogens (tertiary/aromatic N) is 3. The quantitative estimate of drug-likeness (QED) is 0.0543. The molecule has 5 aromatic carbocycles. The van der Waals surface area contributed by atoms with Gasteiger partial charge in [0.15, 0.2) is 0 Å². The lowest BCUT2D eigenvalue weighted by molar-refractivity contribution is -0.180. The zero-order valence-electron chi connectivity index (χ0n) is 39.8. The number of hydrogen-bond donors (Lipinski definition) is 2. The smallest absolute Gasteiger partial charge is 0.325 e. The number of carbonyl (C=O) groups excluding carboxylic acids is 6. The van der Waals surface area contributed by atoms with E-state index in [0.29, 0.717) is 46.8 Å². The average Bonchev–Trinajstić information content (AvgIpc) is 4.22. The molecule has 0 aliphatic carbocycles. The lowest BCUT2D eigenvalue weighted by Crippen LogP contribution is -2.60. The lowest BCUT2D eigenvalue weighted by Gasteiger charge is -2.46. The molecule has 2 N–H and O–H groups in total. The van der Waals surface area contributed by atoms with Crippen molar-refractivity contribution in [1.82, 2.24) is 14.7 Å². The summed E-state index contributed by atoms with van der Waals surface area (Å²) in [5.41, 5.74) is 2.11. The number of hydrogen-bond acceptors (Lipinski definition) is 13.